The lowest BCUT2D eigenvalue weighted by Crippen LogP contribution is -2.44. The molecule has 0 radical (unpaired) electrons. The molecule has 10 heteroatoms. The highest BCUT2D eigenvalue weighted by atomic mass is 16.7. The van der Waals surface area contributed by atoms with Crippen molar-refractivity contribution in [2.24, 2.45) is 0 Å². The fourth-order valence-corrected chi connectivity index (χ4v) is 4.40. The van der Waals surface area contributed by atoms with Gasteiger partial charge in [0, 0.05) is 39.3 Å². The van der Waals surface area contributed by atoms with Crippen LogP contribution in [-0.4, -0.2) is 61.5 Å². The summed E-state index contributed by atoms with van der Waals surface area (Å²) in [5.74, 6) is -1.76. The van der Waals surface area contributed by atoms with Gasteiger partial charge in [-0.25, -0.2) is 9.59 Å². The molecule has 2 aromatic rings. The standard InChI is InChI=1S/C28H33N3O7/c1-19(33)30-25(27(35)38-31(2)26(34)15-9-17-32)14-7-8-16-29-28(36)37-18-24-22-12-5-3-10-20(22)21-11-4-6-13-23(21)24/h3-6,10-13,17,24-25H,7-9,14-16,18H2,1-2H3,(H,29,36)(H,30,33). The Morgan fingerprint density at radius 3 is 2.24 bits per heavy atom. The third-order valence-electron chi connectivity index (χ3n) is 6.25. The summed E-state index contributed by atoms with van der Waals surface area (Å²) < 4.78 is 5.51. The molecule has 2 aromatic carbocycles. The van der Waals surface area contributed by atoms with E-state index in [1.165, 1.54) is 14.0 Å². The van der Waals surface area contributed by atoms with Crippen LogP contribution in [0.4, 0.5) is 4.79 Å². The third-order valence-corrected chi connectivity index (χ3v) is 6.25. The number of ether oxygens (including phenoxy) is 1. The molecule has 10 nitrogen and oxygen atoms in total. The van der Waals surface area contributed by atoms with Crippen molar-refractivity contribution in [1.82, 2.24) is 15.7 Å². The molecule has 1 atom stereocenters. The van der Waals surface area contributed by atoms with Gasteiger partial charge in [-0.05, 0) is 41.5 Å². The van der Waals surface area contributed by atoms with E-state index >= 15 is 0 Å². The second-order valence-corrected chi connectivity index (χ2v) is 9.01. The number of fused-ring (bicyclic) bond motifs is 3. The first-order chi connectivity index (χ1) is 18.3. The van der Waals surface area contributed by atoms with Crippen LogP contribution in [-0.2, 0) is 28.8 Å². The molecule has 0 saturated heterocycles. The van der Waals surface area contributed by atoms with Gasteiger partial charge in [0.05, 0.1) is 0 Å². The molecule has 0 heterocycles. The number of carbonyl (C=O) groups is 5. The Hall–Kier alpha value is -4.21. The average molecular weight is 524 g/mol. The first-order valence-corrected chi connectivity index (χ1v) is 12.6. The van der Waals surface area contributed by atoms with Crippen LogP contribution < -0.4 is 10.6 Å². The van der Waals surface area contributed by atoms with Crippen LogP contribution in [0.3, 0.4) is 0 Å². The maximum Gasteiger partial charge on any atom is 0.407 e. The minimum atomic E-state index is -0.955. The normalized spacial score (nSPS) is 12.5. The molecule has 3 amide bonds. The van der Waals surface area contributed by atoms with Crippen LogP contribution in [0.5, 0.6) is 0 Å². The largest absolute Gasteiger partial charge is 0.449 e. The number of unbranched alkanes of at least 4 members (excludes halogenated alkanes) is 1. The van der Waals surface area contributed by atoms with Crippen molar-refractivity contribution in [3.05, 3.63) is 59.7 Å². The SMILES string of the molecule is CC(=O)NC(CCCCNC(=O)OCC1c2ccccc2-c2ccccc21)C(=O)ON(C)C(=O)CCC=O. The van der Waals surface area contributed by atoms with Gasteiger partial charge in [-0.15, -0.1) is 0 Å². The van der Waals surface area contributed by atoms with E-state index in [2.05, 4.69) is 34.9 Å². The first kappa shape index (κ1) is 28.4. The van der Waals surface area contributed by atoms with Gasteiger partial charge in [-0.1, -0.05) is 48.5 Å². The quantitative estimate of drug-likeness (QED) is 0.248. The number of nitrogens with zero attached hydrogens (tertiary/aromatic N) is 1. The summed E-state index contributed by atoms with van der Waals surface area (Å²) in [6.07, 6.45) is 1.28. The third kappa shape index (κ3) is 7.64. The summed E-state index contributed by atoms with van der Waals surface area (Å²) in [4.78, 5) is 63.6. The predicted molar refractivity (Wildman–Crippen MR) is 139 cm³/mol. The van der Waals surface area contributed by atoms with Crippen LogP contribution in [0.25, 0.3) is 11.1 Å². The number of nitrogens with one attached hydrogen (secondary N) is 2. The van der Waals surface area contributed by atoms with Gasteiger partial charge in [0.15, 0.2) is 0 Å². The van der Waals surface area contributed by atoms with E-state index in [0.29, 0.717) is 25.7 Å². The number of amides is 3. The van der Waals surface area contributed by atoms with E-state index in [-0.39, 0.29) is 31.8 Å². The minimum Gasteiger partial charge on any atom is -0.449 e. The number of benzene rings is 2. The molecule has 0 saturated carbocycles. The van der Waals surface area contributed by atoms with Crippen LogP contribution >= 0.6 is 0 Å². The van der Waals surface area contributed by atoms with E-state index in [1.54, 1.807) is 0 Å². The summed E-state index contributed by atoms with van der Waals surface area (Å²) in [5, 5.41) is 6.00. The summed E-state index contributed by atoms with van der Waals surface area (Å²) in [6.45, 7) is 1.82. The zero-order valence-electron chi connectivity index (χ0n) is 21.6. The van der Waals surface area contributed by atoms with E-state index in [1.807, 2.05) is 24.3 Å². The van der Waals surface area contributed by atoms with Crippen molar-refractivity contribution in [2.45, 2.75) is 51.0 Å². The van der Waals surface area contributed by atoms with Crippen LogP contribution in [0.15, 0.2) is 48.5 Å². The molecular weight excluding hydrogens is 490 g/mol. The molecule has 202 valence electrons. The van der Waals surface area contributed by atoms with Gasteiger partial charge in [-0.2, -0.15) is 5.06 Å². The Balaban J connectivity index is 1.41. The second-order valence-electron chi connectivity index (χ2n) is 9.01. The van der Waals surface area contributed by atoms with E-state index in [4.69, 9.17) is 9.57 Å². The topological polar surface area (TPSA) is 131 Å². The highest BCUT2D eigenvalue weighted by Crippen LogP contribution is 2.44. The lowest BCUT2D eigenvalue weighted by atomic mass is 9.98. The smallest absolute Gasteiger partial charge is 0.407 e. The van der Waals surface area contributed by atoms with Gasteiger partial charge in [-0.3, -0.25) is 9.59 Å². The van der Waals surface area contributed by atoms with Gasteiger partial charge in [0.2, 0.25) is 5.91 Å². The molecule has 38 heavy (non-hydrogen) atoms. The fourth-order valence-electron chi connectivity index (χ4n) is 4.40. The highest BCUT2D eigenvalue weighted by molar-refractivity contribution is 5.85. The number of hydroxylamine groups is 2. The minimum absolute atomic E-state index is 0.0204. The number of rotatable bonds is 12. The molecule has 1 aliphatic carbocycles. The highest BCUT2D eigenvalue weighted by Gasteiger charge is 2.29. The van der Waals surface area contributed by atoms with E-state index in [9.17, 15) is 24.0 Å². The summed E-state index contributed by atoms with van der Waals surface area (Å²) in [5.41, 5.74) is 4.57. The van der Waals surface area contributed by atoms with Crippen LogP contribution in [0.2, 0.25) is 0 Å². The van der Waals surface area contributed by atoms with Crippen LogP contribution in [0.1, 0.15) is 56.1 Å². The van der Waals surface area contributed by atoms with Crippen molar-refractivity contribution in [3.63, 3.8) is 0 Å². The molecule has 3 rings (SSSR count). The van der Waals surface area contributed by atoms with Crippen molar-refractivity contribution >= 4 is 30.2 Å². The summed E-state index contributed by atoms with van der Waals surface area (Å²) >= 11 is 0. The van der Waals surface area contributed by atoms with E-state index < -0.39 is 29.9 Å². The van der Waals surface area contributed by atoms with Crippen molar-refractivity contribution in [2.75, 3.05) is 20.2 Å². The molecule has 0 fully saturated rings. The maximum absolute atomic E-state index is 12.4. The predicted octanol–water partition coefficient (Wildman–Crippen LogP) is 3.10. The monoisotopic (exact) mass is 523 g/mol. The number of hydrogen-bond acceptors (Lipinski definition) is 7. The summed E-state index contributed by atoms with van der Waals surface area (Å²) in [6, 6.07) is 15.2. The van der Waals surface area contributed by atoms with Crippen molar-refractivity contribution in [3.8, 4) is 11.1 Å². The Bertz CT molecular complexity index is 1120. The van der Waals surface area contributed by atoms with Gasteiger partial charge in [0.25, 0.3) is 5.91 Å². The van der Waals surface area contributed by atoms with Crippen molar-refractivity contribution in [1.29, 1.82) is 0 Å². The number of carbonyl (C=O) groups excluding carboxylic acids is 5. The van der Waals surface area contributed by atoms with E-state index in [0.717, 1.165) is 27.3 Å². The zero-order valence-corrected chi connectivity index (χ0v) is 21.6. The molecule has 0 bridgehead atoms. The second kappa shape index (κ2) is 13.9. The number of alkyl carbamates (subject to hydrolysis) is 1. The molecule has 0 aromatic heterocycles. The molecule has 1 unspecified atom stereocenters. The number of hydrogen-bond donors (Lipinski definition) is 2. The molecule has 1 aliphatic rings. The maximum atomic E-state index is 12.4. The van der Waals surface area contributed by atoms with Crippen LogP contribution in [0, 0.1) is 0 Å². The molecule has 0 aliphatic heterocycles. The summed E-state index contributed by atoms with van der Waals surface area (Å²) in [7, 11) is 1.27. The Labute approximate surface area is 221 Å². The molecule has 0 spiro atoms. The number of aldehydes is 1. The Morgan fingerprint density at radius 2 is 1.63 bits per heavy atom. The Morgan fingerprint density at radius 1 is 1.00 bits per heavy atom. The zero-order chi connectivity index (χ0) is 27.5. The van der Waals surface area contributed by atoms with Crippen molar-refractivity contribution < 1.29 is 33.5 Å². The lowest BCUT2D eigenvalue weighted by Gasteiger charge is -2.21. The average Bonchev–Trinajstić information content (AvgIpc) is 3.23. The Kier molecular flexibility index (Phi) is 10.4. The first-order valence-electron chi connectivity index (χ1n) is 12.6. The van der Waals surface area contributed by atoms with Gasteiger partial charge >= 0.3 is 12.1 Å². The molecule has 2 N–H and O–H groups in total. The fraction of sp³-hybridized carbons (Fsp3) is 0.393. The molecular formula is C28H33N3O7. The van der Waals surface area contributed by atoms with Gasteiger partial charge in [0.1, 0.15) is 18.9 Å². The lowest BCUT2D eigenvalue weighted by molar-refractivity contribution is -0.194. The van der Waals surface area contributed by atoms with Gasteiger partial charge < -0.3 is 25.0 Å².